The number of imide groups is 1. The van der Waals surface area contributed by atoms with Crippen molar-refractivity contribution in [2.24, 2.45) is 5.73 Å². The van der Waals surface area contributed by atoms with Crippen LogP contribution < -0.4 is 16.4 Å². The highest BCUT2D eigenvalue weighted by atomic mass is 35.5. The van der Waals surface area contributed by atoms with E-state index in [4.69, 9.17) is 17.3 Å². The molecule has 3 N–H and O–H groups in total. The molecule has 1 fully saturated rings. The maximum Gasteiger partial charge on any atom is 0.345 e. The van der Waals surface area contributed by atoms with E-state index in [1.54, 1.807) is 0 Å². The summed E-state index contributed by atoms with van der Waals surface area (Å²) in [7, 11) is 0. The molecule has 0 bridgehead atoms. The number of urea groups is 1. The van der Waals surface area contributed by atoms with Crippen LogP contribution in [0.4, 0.5) is 4.79 Å². The Kier molecular flexibility index (Phi) is 2.51. The Bertz CT molecular complexity index is 514. The van der Waals surface area contributed by atoms with Crippen LogP contribution in [0.5, 0.6) is 0 Å². The Morgan fingerprint density at radius 1 is 1.29 bits per heavy atom. The first-order valence-corrected chi connectivity index (χ1v) is 4.99. The van der Waals surface area contributed by atoms with Gasteiger partial charge in [-0.05, 0) is 17.7 Å². The van der Waals surface area contributed by atoms with Gasteiger partial charge in [-0.1, -0.05) is 23.7 Å². The van der Waals surface area contributed by atoms with Gasteiger partial charge in [-0.25, -0.2) is 4.79 Å². The van der Waals surface area contributed by atoms with Crippen LogP contribution in [0.25, 0.3) is 0 Å². The number of amides is 4. The SMILES string of the molecule is NC(=O)C1(c2ccc(Cl)cc2)NC(=O)[N]C1=O. The van der Waals surface area contributed by atoms with Gasteiger partial charge in [0.05, 0.1) is 0 Å². The van der Waals surface area contributed by atoms with Crippen LogP contribution in [-0.4, -0.2) is 17.8 Å². The molecule has 1 heterocycles. The first-order chi connectivity index (χ1) is 7.96. The standard InChI is InChI=1S/C10H7ClN3O3/c11-6-3-1-5(2-4-6)10(7(12)15)8(16)13-9(17)14-10/h1-4H,(H2,12,15)(H,14,17). The molecular weight excluding hydrogens is 246 g/mol. The number of carbonyl (C=O) groups excluding carboxylic acids is 3. The van der Waals surface area contributed by atoms with E-state index in [0.29, 0.717) is 5.02 Å². The highest BCUT2D eigenvalue weighted by Gasteiger charge is 2.54. The molecule has 1 aliphatic heterocycles. The van der Waals surface area contributed by atoms with Crippen LogP contribution in [0.3, 0.4) is 0 Å². The van der Waals surface area contributed by atoms with Crippen molar-refractivity contribution in [2.75, 3.05) is 0 Å². The zero-order valence-electron chi connectivity index (χ0n) is 8.44. The first kappa shape index (κ1) is 11.4. The van der Waals surface area contributed by atoms with E-state index in [1.807, 2.05) is 0 Å². The summed E-state index contributed by atoms with van der Waals surface area (Å²) in [5, 5.41) is 5.75. The second-order valence-corrected chi connectivity index (χ2v) is 3.90. The quantitative estimate of drug-likeness (QED) is 0.566. The lowest BCUT2D eigenvalue weighted by Gasteiger charge is -2.21. The third kappa shape index (κ3) is 1.62. The zero-order chi connectivity index (χ0) is 12.6. The van der Waals surface area contributed by atoms with E-state index in [2.05, 4.69) is 10.6 Å². The van der Waals surface area contributed by atoms with Gasteiger partial charge < -0.3 is 11.1 Å². The number of halogens is 1. The molecule has 1 saturated heterocycles. The van der Waals surface area contributed by atoms with Crippen LogP contribution in [0.2, 0.25) is 5.02 Å². The molecule has 2 rings (SSSR count). The van der Waals surface area contributed by atoms with E-state index in [1.165, 1.54) is 24.3 Å². The second-order valence-electron chi connectivity index (χ2n) is 3.47. The van der Waals surface area contributed by atoms with Crippen molar-refractivity contribution in [3.05, 3.63) is 34.9 Å². The molecule has 0 aromatic heterocycles. The van der Waals surface area contributed by atoms with Crippen molar-refractivity contribution < 1.29 is 14.4 Å². The van der Waals surface area contributed by atoms with Gasteiger partial charge in [0.25, 0.3) is 11.8 Å². The number of rotatable bonds is 2. The molecular formula is C10H7ClN3O3. The van der Waals surface area contributed by atoms with Gasteiger partial charge in [0, 0.05) is 5.02 Å². The molecule has 6 nitrogen and oxygen atoms in total. The minimum Gasteiger partial charge on any atom is -0.367 e. The van der Waals surface area contributed by atoms with Gasteiger partial charge in [0.2, 0.25) is 5.54 Å². The Morgan fingerprint density at radius 2 is 1.88 bits per heavy atom. The number of nitrogens with two attached hydrogens (primary N) is 1. The molecule has 1 aliphatic rings. The van der Waals surface area contributed by atoms with Crippen molar-refractivity contribution in [3.8, 4) is 0 Å². The average Bonchev–Trinajstić information content (AvgIpc) is 2.56. The lowest BCUT2D eigenvalue weighted by Crippen LogP contribution is -2.54. The Hall–Kier alpha value is -2.08. The third-order valence-corrected chi connectivity index (χ3v) is 2.72. The van der Waals surface area contributed by atoms with E-state index >= 15 is 0 Å². The number of nitrogens with one attached hydrogen (secondary N) is 1. The Morgan fingerprint density at radius 3 is 2.29 bits per heavy atom. The second kappa shape index (κ2) is 3.74. The van der Waals surface area contributed by atoms with Gasteiger partial charge in [0.1, 0.15) is 0 Å². The Balaban J connectivity index is 2.56. The van der Waals surface area contributed by atoms with Crippen LogP contribution >= 0.6 is 11.6 Å². The van der Waals surface area contributed by atoms with E-state index < -0.39 is 23.4 Å². The number of primary amides is 1. The zero-order valence-corrected chi connectivity index (χ0v) is 9.19. The summed E-state index contributed by atoms with van der Waals surface area (Å²) >= 11 is 5.70. The minimum atomic E-state index is -1.92. The summed E-state index contributed by atoms with van der Waals surface area (Å²) < 4.78 is 0. The van der Waals surface area contributed by atoms with Gasteiger partial charge in [-0.3, -0.25) is 9.59 Å². The van der Waals surface area contributed by atoms with Gasteiger partial charge >= 0.3 is 6.03 Å². The summed E-state index contributed by atoms with van der Waals surface area (Å²) in [5.41, 5.74) is 3.50. The average molecular weight is 253 g/mol. The van der Waals surface area contributed by atoms with Crippen molar-refractivity contribution in [1.82, 2.24) is 10.6 Å². The molecule has 7 heteroatoms. The topological polar surface area (TPSA) is 103 Å². The third-order valence-electron chi connectivity index (χ3n) is 2.47. The molecule has 1 aromatic rings. The maximum absolute atomic E-state index is 11.6. The highest BCUT2D eigenvalue weighted by molar-refractivity contribution is 6.30. The van der Waals surface area contributed by atoms with Crippen LogP contribution in [-0.2, 0) is 15.1 Å². The number of carbonyl (C=O) groups is 3. The largest absolute Gasteiger partial charge is 0.367 e. The molecule has 1 atom stereocenters. The maximum atomic E-state index is 11.6. The summed E-state index contributed by atoms with van der Waals surface area (Å²) in [5.74, 6) is -1.91. The molecule has 87 valence electrons. The molecule has 1 radical (unpaired) electrons. The van der Waals surface area contributed by atoms with Crippen molar-refractivity contribution >= 4 is 29.4 Å². The predicted octanol–water partition coefficient (Wildman–Crippen LogP) is -0.125. The van der Waals surface area contributed by atoms with Gasteiger partial charge in [-0.2, -0.15) is 5.32 Å². The summed E-state index contributed by atoms with van der Waals surface area (Å²) in [6, 6.07) is 4.96. The minimum absolute atomic E-state index is 0.231. The molecule has 1 unspecified atom stereocenters. The van der Waals surface area contributed by atoms with Gasteiger partial charge in [0.15, 0.2) is 0 Å². The number of nitrogens with zero attached hydrogens (tertiary/aromatic N) is 1. The van der Waals surface area contributed by atoms with Crippen molar-refractivity contribution in [3.63, 3.8) is 0 Å². The fourth-order valence-corrected chi connectivity index (χ4v) is 1.75. The Labute approximate surface area is 101 Å². The molecule has 0 saturated carbocycles. The van der Waals surface area contributed by atoms with E-state index in [-0.39, 0.29) is 5.56 Å². The van der Waals surface area contributed by atoms with E-state index in [0.717, 1.165) is 0 Å². The summed E-state index contributed by atoms with van der Waals surface area (Å²) in [6.07, 6.45) is 0. The molecule has 1 aromatic carbocycles. The van der Waals surface area contributed by atoms with Gasteiger partial charge in [-0.15, -0.1) is 0 Å². The molecule has 0 spiro atoms. The molecule has 4 amide bonds. The first-order valence-electron chi connectivity index (χ1n) is 4.61. The van der Waals surface area contributed by atoms with Crippen LogP contribution in [0.15, 0.2) is 24.3 Å². The lowest BCUT2D eigenvalue weighted by molar-refractivity contribution is -0.134. The molecule has 0 aliphatic carbocycles. The monoisotopic (exact) mass is 252 g/mol. The van der Waals surface area contributed by atoms with E-state index in [9.17, 15) is 14.4 Å². The summed E-state index contributed by atoms with van der Waals surface area (Å²) in [6.45, 7) is 0. The van der Waals surface area contributed by atoms with Crippen LogP contribution in [0.1, 0.15) is 5.56 Å². The normalized spacial score (nSPS) is 23.1. The van der Waals surface area contributed by atoms with Crippen molar-refractivity contribution in [2.45, 2.75) is 5.54 Å². The number of hydrogen-bond acceptors (Lipinski definition) is 3. The fraction of sp³-hybridized carbons (Fsp3) is 0.100. The highest BCUT2D eigenvalue weighted by Crippen LogP contribution is 2.26. The smallest absolute Gasteiger partial charge is 0.345 e. The predicted molar refractivity (Wildman–Crippen MR) is 58.0 cm³/mol. The molecule has 17 heavy (non-hydrogen) atoms. The number of benzene rings is 1. The van der Waals surface area contributed by atoms with Crippen molar-refractivity contribution in [1.29, 1.82) is 0 Å². The summed E-state index contributed by atoms with van der Waals surface area (Å²) in [4.78, 5) is 34.2. The fourth-order valence-electron chi connectivity index (χ4n) is 1.62. The lowest BCUT2D eigenvalue weighted by atomic mass is 9.89. The van der Waals surface area contributed by atoms with Crippen LogP contribution in [0, 0.1) is 0 Å². The number of hydrogen-bond donors (Lipinski definition) is 2.